The fraction of sp³-hybridized carbons (Fsp3) is 0.0909. The summed E-state index contributed by atoms with van der Waals surface area (Å²) in [5.74, 6) is -0.423. The van der Waals surface area contributed by atoms with E-state index in [9.17, 15) is 4.39 Å². The van der Waals surface area contributed by atoms with Gasteiger partial charge in [0.15, 0.2) is 0 Å². The summed E-state index contributed by atoms with van der Waals surface area (Å²) < 4.78 is 13.2. The zero-order valence-electron chi connectivity index (χ0n) is 7.64. The summed E-state index contributed by atoms with van der Waals surface area (Å²) in [6, 6.07) is 6.79. The first-order valence-corrected chi connectivity index (χ1v) is 5.96. The predicted molar refractivity (Wildman–Crippen MR) is 63.5 cm³/mol. The normalized spacial score (nSPS) is 10.6. The maximum absolute atomic E-state index is 13.2. The number of rotatable bonds is 2. The van der Waals surface area contributed by atoms with E-state index in [1.807, 2.05) is 17.5 Å². The SMILES string of the molecule is Fc1cc(Cc2cccs2)c(Cl)cc1Cl. The Hall–Kier alpha value is -0.570. The highest BCUT2D eigenvalue weighted by Gasteiger charge is 2.08. The lowest BCUT2D eigenvalue weighted by Gasteiger charge is -2.04. The molecule has 0 fully saturated rings. The van der Waals surface area contributed by atoms with Gasteiger partial charge in [0.2, 0.25) is 0 Å². The zero-order valence-corrected chi connectivity index (χ0v) is 9.96. The van der Waals surface area contributed by atoms with Gasteiger partial charge < -0.3 is 0 Å². The molecule has 0 aliphatic rings. The van der Waals surface area contributed by atoms with Crippen LogP contribution in [0.1, 0.15) is 10.4 Å². The van der Waals surface area contributed by atoms with Gasteiger partial charge in [0.1, 0.15) is 5.82 Å². The minimum Gasteiger partial charge on any atom is -0.205 e. The molecule has 1 aromatic heterocycles. The molecule has 1 heterocycles. The second-order valence-electron chi connectivity index (χ2n) is 3.11. The number of hydrogen-bond acceptors (Lipinski definition) is 1. The maximum Gasteiger partial charge on any atom is 0.142 e. The van der Waals surface area contributed by atoms with Crippen molar-refractivity contribution < 1.29 is 4.39 Å². The first-order chi connectivity index (χ1) is 7.16. The third-order valence-electron chi connectivity index (χ3n) is 2.03. The molecule has 0 spiro atoms. The van der Waals surface area contributed by atoms with Crippen molar-refractivity contribution in [3.8, 4) is 0 Å². The Kier molecular flexibility index (Phi) is 3.29. The van der Waals surface area contributed by atoms with Crippen LogP contribution in [0.2, 0.25) is 10.0 Å². The fourth-order valence-electron chi connectivity index (χ4n) is 1.30. The maximum atomic E-state index is 13.2. The second kappa shape index (κ2) is 4.52. The molecular weight excluding hydrogens is 254 g/mol. The van der Waals surface area contributed by atoms with E-state index in [1.54, 1.807) is 11.3 Å². The van der Waals surface area contributed by atoms with E-state index in [0.717, 1.165) is 10.4 Å². The summed E-state index contributed by atoms with van der Waals surface area (Å²) in [6.45, 7) is 0. The fourth-order valence-corrected chi connectivity index (χ4v) is 2.48. The molecule has 15 heavy (non-hydrogen) atoms. The van der Waals surface area contributed by atoms with E-state index < -0.39 is 5.82 Å². The summed E-state index contributed by atoms with van der Waals surface area (Å²) in [5.41, 5.74) is 0.765. The highest BCUT2D eigenvalue weighted by molar-refractivity contribution is 7.09. The average Bonchev–Trinajstić information content (AvgIpc) is 2.67. The van der Waals surface area contributed by atoms with Gasteiger partial charge in [-0.3, -0.25) is 0 Å². The van der Waals surface area contributed by atoms with Crippen LogP contribution in [0.3, 0.4) is 0 Å². The molecule has 78 valence electrons. The Balaban J connectivity index is 2.33. The van der Waals surface area contributed by atoms with Gasteiger partial charge in [-0.05, 0) is 29.1 Å². The van der Waals surface area contributed by atoms with Gasteiger partial charge in [-0.2, -0.15) is 0 Å². The van der Waals surface area contributed by atoms with Crippen LogP contribution in [0, 0.1) is 5.82 Å². The smallest absolute Gasteiger partial charge is 0.142 e. The molecule has 2 rings (SSSR count). The molecule has 0 amide bonds. The van der Waals surface area contributed by atoms with Gasteiger partial charge in [0.05, 0.1) is 5.02 Å². The Morgan fingerprint density at radius 2 is 2.00 bits per heavy atom. The van der Waals surface area contributed by atoms with Crippen molar-refractivity contribution in [2.24, 2.45) is 0 Å². The van der Waals surface area contributed by atoms with E-state index in [-0.39, 0.29) is 5.02 Å². The summed E-state index contributed by atoms with van der Waals surface area (Å²) in [6.07, 6.45) is 0.643. The molecule has 0 aliphatic carbocycles. The molecule has 0 radical (unpaired) electrons. The number of halogens is 3. The van der Waals surface area contributed by atoms with E-state index in [0.29, 0.717) is 11.4 Å². The van der Waals surface area contributed by atoms with Gasteiger partial charge in [0.25, 0.3) is 0 Å². The molecule has 0 bridgehead atoms. The van der Waals surface area contributed by atoms with E-state index in [4.69, 9.17) is 23.2 Å². The standard InChI is InChI=1S/C11H7Cl2FS/c12-9-6-10(13)11(14)5-7(9)4-8-2-1-3-15-8/h1-3,5-6H,4H2. The summed E-state index contributed by atoms with van der Waals surface area (Å²) >= 11 is 13.2. The molecule has 2 aromatic rings. The Bertz CT molecular complexity index is 466. The summed E-state index contributed by atoms with van der Waals surface area (Å²) in [7, 11) is 0. The van der Waals surface area contributed by atoms with Crippen LogP contribution >= 0.6 is 34.5 Å². The van der Waals surface area contributed by atoms with Crippen molar-refractivity contribution in [3.05, 3.63) is 55.9 Å². The van der Waals surface area contributed by atoms with Crippen LogP contribution in [0.25, 0.3) is 0 Å². The van der Waals surface area contributed by atoms with Crippen molar-refractivity contribution in [1.82, 2.24) is 0 Å². The van der Waals surface area contributed by atoms with Crippen LogP contribution in [0.5, 0.6) is 0 Å². The lowest BCUT2D eigenvalue weighted by molar-refractivity contribution is 0.626. The lowest BCUT2D eigenvalue weighted by Crippen LogP contribution is -1.89. The van der Waals surface area contributed by atoms with Crippen LogP contribution in [0.15, 0.2) is 29.6 Å². The number of benzene rings is 1. The van der Waals surface area contributed by atoms with Crippen LogP contribution < -0.4 is 0 Å². The topological polar surface area (TPSA) is 0 Å². The predicted octanol–water partition coefficient (Wildman–Crippen LogP) is 4.78. The highest BCUT2D eigenvalue weighted by Crippen LogP contribution is 2.27. The summed E-state index contributed by atoms with van der Waals surface area (Å²) in [4.78, 5) is 1.15. The second-order valence-corrected chi connectivity index (χ2v) is 4.96. The Morgan fingerprint density at radius 1 is 1.20 bits per heavy atom. The molecule has 0 saturated carbocycles. The average molecular weight is 261 g/mol. The van der Waals surface area contributed by atoms with Crippen molar-refractivity contribution in [2.75, 3.05) is 0 Å². The minimum atomic E-state index is -0.423. The molecule has 0 N–H and O–H groups in total. The third-order valence-corrected chi connectivity index (χ3v) is 3.55. The number of thiophene rings is 1. The van der Waals surface area contributed by atoms with E-state index in [2.05, 4.69) is 0 Å². The van der Waals surface area contributed by atoms with Crippen LogP contribution in [0.4, 0.5) is 4.39 Å². The quantitative estimate of drug-likeness (QED) is 0.682. The van der Waals surface area contributed by atoms with Gasteiger partial charge in [-0.15, -0.1) is 11.3 Å². The van der Waals surface area contributed by atoms with Crippen LogP contribution in [-0.4, -0.2) is 0 Å². The monoisotopic (exact) mass is 260 g/mol. The largest absolute Gasteiger partial charge is 0.205 e. The Labute approximate surface area is 101 Å². The van der Waals surface area contributed by atoms with Crippen molar-refractivity contribution in [1.29, 1.82) is 0 Å². The molecule has 0 nitrogen and oxygen atoms in total. The van der Waals surface area contributed by atoms with Crippen molar-refractivity contribution in [2.45, 2.75) is 6.42 Å². The van der Waals surface area contributed by atoms with Crippen molar-refractivity contribution >= 4 is 34.5 Å². The molecule has 0 aliphatic heterocycles. The summed E-state index contributed by atoms with van der Waals surface area (Å²) in [5, 5.41) is 2.56. The molecule has 0 atom stereocenters. The van der Waals surface area contributed by atoms with Gasteiger partial charge >= 0.3 is 0 Å². The van der Waals surface area contributed by atoms with Gasteiger partial charge in [-0.1, -0.05) is 29.3 Å². The minimum absolute atomic E-state index is 0.0647. The van der Waals surface area contributed by atoms with Crippen LogP contribution in [-0.2, 0) is 6.42 Å². The van der Waals surface area contributed by atoms with E-state index in [1.165, 1.54) is 12.1 Å². The first kappa shape index (κ1) is 10.9. The third kappa shape index (κ3) is 2.51. The zero-order chi connectivity index (χ0) is 10.8. The van der Waals surface area contributed by atoms with Gasteiger partial charge in [0, 0.05) is 16.3 Å². The first-order valence-electron chi connectivity index (χ1n) is 4.32. The van der Waals surface area contributed by atoms with E-state index >= 15 is 0 Å². The Morgan fingerprint density at radius 3 is 2.67 bits per heavy atom. The highest BCUT2D eigenvalue weighted by atomic mass is 35.5. The van der Waals surface area contributed by atoms with Gasteiger partial charge in [-0.25, -0.2) is 4.39 Å². The molecular formula is C11H7Cl2FS. The molecule has 0 saturated heterocycles. The van der Waals surface area contributed by atoms with Crippen molar-refractivity contribution in [3.63, 3.8) is 0 Å². The number of hydrogen-bond donors (Lipinski definition) is 0. The molecule has 0 unspecified atom stereocenters. The molecule has 4 heteroatoms. The lowest BCUT2D eigenvalue weighted by atomic mass is 10.1. The molecule has 1 aromatic carbocycles.